The number of rotatable bonds is 3. The van der Waals surface area contributed by atoms with Gasteiger partial charge in [0.2, 0.25) is 5.91 Å². The summed E-state index contributed by atoms with van der Waals surface area (Å²) in [6.45, 7) is 1.65. The van der Waals surface area contributed by atoms with Crippen LogP contribution in [0.15, 0.2) is 15.9 Å². The summed E-state index contributed by atoms with van der Waals surface area (Å²) in [4.78, 5) is 41.5. The molecular formula is C17H22N6O3. The van der Waals surface area contributed by atoms with E-state index in [1.807, 2.05) is 0 Å². The highest BCUT2D eigenvalue weighted by Crippen LogP contribution is 2.28. The highest BCUT2D eigenvalue weighted by molar-refractivity contribution is 5.83. The predicted octanol–water partition coefficient (Wildman–Crippen LogP) is 0.337. The van der Waals surface area contributed by atoms with Crippen molar-refractivity contribution < 1.29 is 4.79 Å². The Morgan fingerprint density at radius 1 is 1.27 bits per heavy atom. The molecule has 1 N–H and O–H groups in total. The van der Waals surface area contributed by atoms with Gasteiger partial charge in [0.05, 0.1) is 12.4 Å². The first-order valence-corrected chi connectivity index (χ1v) is 8.67. The molecule has 1 fully saturated rings. The minimum absolute atomic E-state index is 0.187. The summed E-state index contributed by atoms with van der Waals surface area (Å²) in [5.41, 5.74) is -1.42. The monoisotopic (exact) mass is 358 g/mol. The topological polar surface area (TPSA) is 115 Å². The summed E-state index contributed by atoms with van der Waals surface area (Å²) < 4.78 is 3.72. The van der Waals surface area contributed by atoms with Crippen LogP contribution in [0.3, 0.4) is 0 Å². The molecule has 26 heavy (non-hydrogen) atoms. The maximum Gasteiger partial charge on any atom is 0.332 e. The van der Waals surface area contributed by atoms with Gasteiger partial charge in [-0.25, -0.2) is 9.78 Å². The first kappa shape index (κ1) is 17.9. The zero-order valence-corrected chi connectivity index (χ0v) is 15.2. The summed E-state index contributed by atoms with van der Waals surface area (Å²) in [5, 5.41) is 12.4. The molecule has 138 valence electrons. The number of carbonyl (C=O) groups excluding carboxylic acids is 1. The van der Waals surface area contributed by atoms with Gasteiger partial charge in [0, 0.05) is 14.1 Å². The van der Waals surface area contributed by atoms with Gasteiger partial charge in [-0.15, -0.1) is 0 Å². The van der Waals surface area contributed by atoms with Crippen LogP contribution in [0, 0.1) is 11.3 Å². The number of imidazole rings is 1. The van der Waals surface area contributed by atoms with Crippen molar-refractivity contribution in [3.05, 3.63) is 27.2 Å². The number of fused-ring (bicyclic) bond motifs is 1. The summed E-state index contributed by atoms with van der Waals surface area (Å²) in [7, 11) is 2.91. The van der Waals surface area contributed by atoms with Crippen molar-refractivity contribution in [1.82, 2.24) is 24.0 Å². The molecule has 0 aliphatic heterocycles. The van der Waals surface area contributed by atoms with Gasteiger partial charge in [-0.1, -0.05) is 19.3 Å². The summed E-state index contributed by atoms with van der Waals surface area (Å²) in [6, 6.07) is 1.52. The second-order valence-electron chi connectivity index (χ2n) is 6.95. The van der Waals surface area contributed by atoms with Crippen molar-refractivity contribution in [1.29, 1.82) is 5.26 Å². The number of nitrogens with zero attached hydrogens (tertiary/aromatic N) is 5. The Morgan fingerprint density at radius 2 is 1.92 bits per heavy atom. The lowest BCUT2D eigenvalue weighted by Gasteiger charge is -2.32. The van der Waals surface area contributed by atoms with Crippen LogP contribution in [0.5, 0.6) is 0 Å². The van der Waals surface area contributed by atoms with E-state index in [-0.39, 0.29) is 17.1 Å². The van der Waals surface area contributed by atoms with Crippen LogP contribution < -0.4 is 16.6 Å². The molecule has 0 radical (unpaired) electrons. The van der Waals surface area contributed by atoms with E-state index in [9.17, 15) is 19.6 Å². The van der Waals surface area contributed by atoms with Gasteiger partial charge in [-0.05, 0) is 19.8 Å². The molecule has 9 nitrogen and oxygen atoms in total. The standard InChI is InChI=1S/C17H22N6O3/c1-11(14(24)20-17(9-18)7-5-4-6-8-17)23-10-19-13-12(23)15(25)22(3)16(26)21(13)2/h10-11H,4-8H2,1-3H3,(H,20,24)/t11-/m0/s1. The Morgan fingerprint density at radius 3 is 2.54 bits per heavy atom. The van der Waals surface area contributed by atoms with E-state index in [4.69, 9.17) is 0 Å². The highest BCUT2D eigenvalue weighted by atomic mass is 16.2. The van der Waals surface area contributed by atoms with Gasteiger partial charge < -0.3 is 9.88 Å². The molecule has 0 unspecified atom stereocenters. The number of nitriles is 1. The highest BCUT2D eigenvalue weighted by Gasteiger charge is 2.35. The predicted molar refractivity (Wildman–Crippen MR) is 94.5 cm³/mol. The Kier molecular flexibility index (Phi) is 4.44. The van der Waals surface area contributed by atoms with E-state index >= 15 is 0 Å². The Balaban J connectivity index is 1.99. The minimum atomic E-state index is -0.849. The molecule has 9 heteroatoms. The first-order valence-electron chi connectivity index (χ1n) is 8.67. The lowest BCUT2D eigenvalue weighted by molar-refractivity contribution is -0.125. The molecule has 1 aliphatic carbocycles. The molecule has 3 rings (SSSR count). The maximum atomic E-state index is 12.8. The number of aryl methyl sites for hydroxylation is 1. The first-order chi connectivity index (χ1) is 12.3. The molecule has 0 spiro atoms. The van der Waals surface area contributed by atoms with Gasteiger partial charge in [0.15, 0.2) is 11.2 Å². The van der Waals surface area contributed by atoms with Crippen molar-refractivity contribution in [3.63, 3.8) is 0 Å². The van der Waals surface area contributed by atoms with E-state index in [1.165, 1.54) is 29.6 Å². The maximum absolute atomic E-state index is 12.8. The van der Waals surface area contributed by atoms with Crippen LogP contribution in [0.4, 0.5) is 0 Å². The second kappa shape index (κ2) is 6.44. The molecule has 0 saturated heterocycles. The number of hydrogen-bond acceptors (Lipinski definition) is 5. The third kappa shape index (κ3) is 2.71. The number of amides is 1. The Labute approximate surface area is 149 Å². The molecule has 2 aromatic rings. The second-order valence-corrected chi connectivity index (χ2v) is 6.95. The van der Waals surface area contributed by atoms with E-state index in [2.05, 4.69) is 16.4 Å². The van der Waals surface area contributed by atoms with Crippen molar-refractivity contribution in [3.8, 4) is 6.07 Å². The lowest BCUT2D eigenvalue weighted by Crippen LogP contribution is -2.50. The van der Waals surface area contributed by atoms with Gasteiger partial charge in [0.25, 0.3) is 5.56 Å². The van der Waals surface area contributed by atoms with Crippen molar-refractivity contribution in [2.45, 2.75) is 50.6 Å². The van der Waals surface area contributed by atoms with Gasteiger partial charge in [-0.3, -0.25) is 18.7 Å². The third-order valence-electron chi connectivity index (χ3n) is 5.25. The summed E-state index contributed by atoms with van der Waals surface area (Å²) in [6.07, 6.45) is 5.50. The average Bonchev–Trinajstić information content (AvgIpc) is 3.09. The van der Waals surface area contributed by atoms with E-state index in [0.29, 0.717) is 12.8 Å². The molecule has 2 heterocycles. The fourth-order valence-corrected chi connectivity index (χ4v) is 3.54. The number of hydrogen-bond donors (Lipinski definition) is 1. The largest absolute Gasteiger partial charge is 0.336 e. The minimum Gasteiger partial charge on any atom is -0.336 e. The Hall–Kier alpha value is -2.89. The van der Waals surface area contributed by atoms with Gasteiger partial charge in [0.1, 0.15) is 11.6 Å². The smallest absolute Gasteiger partial charge is 0.332 e. The van der Waals surface area contributed by atoms with E-state index < -0.39 is 22.8 Å². The van der Waals surface area contributed by atoms with E-state index in [0.717, 1.165) is 23.8 Å². The van der Waals surface area contributed by atoms with Crippen molar-refractivity contribution in [2.24, 2.45) is 14.1 Å². The van der Waals surface area contributed by atoms with Crippen LogP contribution in [-0.2, 0) is 18.9 Å². The van der Waals surface area contributed by atoms with Gasteiger partial charge >= 0.3 is 5.69 Å². The fraction of sp³-hybridized carbons (Fsp3) is 0.588. The SMILES string of the molecule is C[C@@H](C(=O)NC1(C#N)CCCCC1)n1cnc2c1c(=O)n(C)c(=O)n2C. The van der Waals surface area contributed by atoms with Crippen LogP contribution in [0.1, 0.15) is 45.1 Å². The molecule has 1 amide bonds. The van der Waals surface area contributed by atoms with Crippen LogP contribution in [0.2, 0.25) is 0 Å². The fourth-order valence-electron chi connectivity index (χ4n) is 3.54. The third-order valence-corrected chi connectivity index (χ3v) is 5.25. The zero-order valence-electron chi connectivity index (χ0n) is 15.2. The molecule has 1 atom stereocenters. The molecule has 0 bridgehead atoms. The van der Waals surface area contributed by atoms with Crippen LogP contribution >= 0.6 is 0 Å². The Bertz CT molecular complexity index is 1020. The lowest BCUT2D eigenvalue weighted by atomic mass is 9.82. The number of aromatic nitrogens is 4. The quantitative estimate of drug-likeness (QED) is 0.849. The molecule has 0 aromatic carbocycles. The summed E-state index contributed by atoms with van der Waals surface area (Å²) >= 11 is 0. The van der Waals surface area contributed by atoms with Crippen molar-refractivity contribution in [2.75, 3.05) is 0 Å². The van der Waals surface area contributed by atoms with Crippen LogP contribution in [0.25, 0.3) is 11.2 Å². The van der Waals surface area contributed by atoms with Gasteiger partial charge in [-0.2, -0.15) is 5.26 Å². The number of nitrogens with one attached hydrogen (secondary N) is 1. The molecule has 1 saturated carbocycles. The van der Waals surface area contributed by atoms with Crippen LogP contribution in [-0.4, -0.2) is 30.1 Å². The molecule has 1 aliphatic rings. The van der Waals surface area contributed by atoms with E-state index in [1.54, 1.807) is 6.92 Å². The number of carbonyl (C=O) groups is 1. The average molecular weight is 358 g/mol. The molecular weight excluding hydrogens is 336 g/mol. The summed E-state index contributed by atoms with van der Waals surface area (Å²) in [5.74, 6) is -0.344. The van der Waals surface area contributed by atoms with Crippen molar-refractivity contribution >= 4 is 17.1 Å². The molecule has 2 aromatic heterocycles. The normalized spacial score (nSPS) is 17.6. The zero-order chi connectivity index (χ0) is 19.1.